The molecule has 0 heterocycles. The van der Waals surface area contributed by atoms with E-state index < -0.39 is 17.6 Å². The first kappa shape index (κ1) is 18.4. The van der Waals surface area contributed by atoms with Gasteiger partial charge in [0, 0.05) is 12.1 Å². The molecule has 0 saturated carbocycles. The zero-order chi connectivity index (χ0) is 11.6. The predicted molar refractivity (Wildman–Crippen MR) is 64.8 cm³/mol. The van der Waals surface area contributed by atoms with E-state index in [-0.39, 0.29) is 42.5 Å². The minimum absolute atomic E-state index is 0. The van der Waals surface area contributed by atoms with Gasteiger partial charge in [0.2, 0.25) is 0 Å². The van der Waals surface area contributed by atoms with Gasteiger partial charge in [-0.05, 0) is 11.6 Å². The topological polar surface area (TPSA) is 75.9 Å². The number of alkyl halides is 3. The molecule has 5 N–H and O–H groups in total. The molecule has 1 rings (SSSR count). The van der Waals surface area contributed by atoms with Gasteiger partial charge in [-0.15, -0.1) is 24.8 Å². The number of rotatable bonds is 2. The molecule has 0 aromatic heterocycles. The Kier molecular flexibility index (Phi) is 7.23. The number of nitrogen functional groups attached to an aromatic ring is 1. The van der Waals surface area contributed by atoms with Crippen molar-refractivity contribution in [2.24, 2.45) is 11.5 Å². The van der Waals surface area contributed by atoms with E-state index in [9.17, 15) is 13.2 Å². The quantitative estimate of drug-likeness (QED) is 0.577. The first-order valence-corrected chi connectivity index (χ1v) is 4.11. The molecular weight excluding hydrogens is 278 g/mol. The van der Waals surface area contributed by atoms with Crippen molar-refractivity contribution in [3.8, 4) is 0 Å². The van der Waals surface area contributed by atoms with Crippen LogP contribution in [0.2, 0.25) is 0 Å². The maximum atomic E-state index is 12.5. The Bertz CT molecular complexity index is 394. The van der Waals surface area contributed by atoms with E-state index in [1.165, 1.54) is 12.1 Å². The van der Waals surface area contributed by atoms with E-state index in [1.54, 1.807) is 0 Å². The van der Waals surface area contributed by atoms with Gasteiger partial charge in [0.15, 0.2) is 0 Å². The van der Waals surface area contributed by atoms with E-state index in [4.69, 9.17) is 16.9 Å². The Labute approximate surface area is 109 Å². The Morgan fingerprint density at radius 1 is 1.24 bits per heavy atom. The molecule has 0 spiro atoms. The van der Waals surface area contributed by atoms with Crippen LogP contribution in [0.3, 0.4) is 0 Å². The first-order chi connectivity index (χ1) is 6.86. The highest BCUT2D eigenvalue weighted by molar-refractivity contribution is 5.95. The third-order valence-electron chi connectivity index (χ3n) is 1.95. The highest BCUT2D eigenvalue weighted by Crippen LogP contribution is 2.32. The van der Waals surface area contributed by atoms with E-state index in [0.29, 0.717) is 0 Å². The molecular formula is C9H12Cl2F3N3. The summed E-state index contributed by atoms with van der Waals surface area (Å²) in [5, 5.41) is 7.04. The molecule has 0 unspecified atom stereocenters. The largest absolute Gasteiger partial charge is 0.416 e. The number of nitrogens with one attached hydrogen (secondary N) is 1. The Balaban J connectivity index is 0. The van der Waals surface area contributed by atoms with Crippen molar-refractivity contribution in [3.63, 3.8) is 0 Å². The molecule has 0 saturated heterocycles. The summed E-state index contributed by atoms with van der Waals surface area (Å²) in [5.74, 6) is -0.399. The van der Waals surface area contributed by atoms with E-state index in [2.05, 4.69) is 0 Å². The standard InChI is InChI=1S/C9H10F3N3.2ClH/c10-9(11,12)7-3-5(8(14)15)1-2-6(7)4-13;;/h1-3H,4,13H2,(H3,14,15);2*1H. The van der Waals surface area contributed by atoms with Gasteiger partial charge in [-0.1, -0.05) is 12.1 Å². The highest BCUT2D eigenvalue weighted by atomic mass is 35.5. The molecule has 1 aromatic carbocycles. The summed E-state index contributed by atoms with van der Waals surface area (Å²) < 4.78 is 37.5. The minimum atomic E-state index is -4.47. The molecule has 17 heavy (non-hydrogen) atoms. The van der Waals surface area contributed by atoms with Crippen LogP contribution in [0.1, 0.15) is 16.7 Å². The third kappa shape index (κ3) is 4.41. The maximum Gasteiger partial charge on any atom is 0.416 e. The summed E-state index contributed by atoms with van der Waals surface area (Å²) >= 11 is 0. The second-order valence-corrected chi connectivity index (χ2v) is 2.99. The van der Waals surface area contributed by atoms with Crippen molar-refractivity contribution in [1.82, 2.24) is 0 Å². The van der Waals surface area contributed by atoms with Crippen LogP contribution >= 0.6 is 24.8 Å². The number of amidine groups is 1. The average molecular weight is 290 g/mol. The van der Waals surface area contributed by atoms with Gasteiger partial charge in [-0.25, -0.2) is 0 Å². The molecule has 8 heteroatoms. The van der Waals surface area contributed by atoms with Crippen molar-refractivity contribution in [1.29, 1.82) is 5.41 Å². The van der Waals surface area contributed by atoms with Crippen LogP contribution in [0, 0.1) is 5.41 Å². The fourth-order valence-corrected chi connectivity index (χ4v) is 1.19. The third-order valence-corrected chi connectivity index (χ3v) is 1.95. The molecule has 0 bridgehead atoms. The van der Waals surface area contributed by atoms with Crippen LogP contribution in [0.15, 0.2) is 18.2 Å². The van der Waals surface area contributed by atoms with E-state index in [0.717, 1.165) is 6.07 Å². The van der Waals surface area contributed by atoms with Gasteiger partial charge in [-0.3, -0.25) is 5.41 Å². The Hall–Kier alpha value is -0.980. The van der Waals surface area contributed by atoms with Crippen LogP contribution < -0.4 is 11.5 Å². The SMILES string of the molecule is Cl.Cl.N=C(N)c1ccc(CN)c(C(F)(F)F)c1. The summed E-state index contributed by atoms with van der Waals surface area (Å²) in [5.41, 5.74) is 9.49. The molecule has 3 nitrogen and oxygen atoms in total. The van der Waals surface area contributed by atoms with Gasteiger partial charge in [0.25, 0.3) is 0 Å². The van der Waals surface area contributed by atoms with Crippen LogP contribution in [0.25, 0.3) is 0 Å². The van der Waals surface area contributed by atoms with Gasteiger partial charge in [-0.2, -0.15) is 13.2 Å². The maximum absolute atomic E-state index is 12.5. The second-order valence-electron chi connectivity index (χ2n) is 2.99. The lowest BCUT2D eigenvalue weighted by atomic mass is 10.0. The Morgan fingerprint density at radius 2 is 1.76 bits per heavy atom. The zero-order valence-electron chi connectivity index (χ0n) is 8.54. The van der Waals surface area contributed by atoms with Crippen LogP contribution in [-0.4, -0.2) is 5.84 Å². The van der Waals surface area contributed by atoms with Crippen molar-refractivity contribution in [3.05, 3.63) is 34.9 Å². The van der Waals surface area contributed by atoms with Crippen molar-refractivity contribution in [2.45, 2.75) is 12.7 Å². The second kappa shape index (κ2) is 6.68. The lowest BCUT2D eigenvalue weighted by Gasteiger charge is -2.12. The van der Waals surface area contributed by atoms with E-state index >= 15 is 0 Å². The summed E-state index contributed by atoms with van der Waals surface area (Å²) in [6, 6.07) is 3.42. The lowest BCUT2D eigenvalue weighted by Crippen LogP contribution is -2.16. The number of hydrogen-bond donors (Lipinski definition) is 3. The van der Waals surface area contributed by atoms with Gasteiger partial charge < -0.3 is 11.5 Å². The molecule has 1 aromatic rings. The predicted octanol–water partition coefficient (Wildman–Crippen LogP) is 2.29. The average Bonchev–Trinajstić information content (AvgIpc) is 2.15. The highest BCUT2D eigenvalue weighted by Gasteiger charge is 2.33. The summed E-state index contributed by atoms with van der Waals surface area (Å²) in [6.45, 7) is -0.201. The Morgan fingerprint density at radius 3 is 2.12 bits per heavy atom. The number of halogens is 5. The lowest BCUT2D eigenvalue weighted by molar-refractivity contribution is -0.138. The summed E-state index contributed by atoms with van der Waals surface area (Å²) in [6.07, 6.45) is -4.47. The van der Waals surface area contributed by atoms with Crippen LogP contribution in [-0.2, 0) is 12.7 Å². The van der Waals surface area contributed by atoms with Crippen molar-refractivity contribution < 1.29 is 13.2 Å². The van der Waals surface area contributed by atoms with Crippen LogP contribution in [0.4, 0.5) is 13.2 Å². The smallest absolute Gasteiger partial charge is 0.384 e. The number of benzene rings is 1. The van der Waals surface area contributed by atoms with Gasteiger partial charge >= 0.3 is 6.18 Å². The number of nitrogens with two attached hydrogens (primary N) is 2. The first-order valence-electron chi connectivity index (χ1n) is 4.11. The van der Waals surface area contributed by atoms with Gasteiger partial charge in [0.05, 0.1) is 5.56 Å². The van der Waals surface area contributed by atoms with Crippen LogP contribution in [0.5, 0.6) is 0 Å². The van der Waals surface area contributed by atoms with Crippen molar-refractivity contribution >= 4 is 30.6 Å². The zero-order valence-corrected chi connectivity index (χ0v) is 10.2. The molecule has 0 amide bonds. The number of hydrogen-bond acceptors (Lipinski definition) is 2. The molecule has 0 atom stereocenters. The fraction of sp³-hybridized carbons (Fsp3) is 0.222. The molecule has 98 valence electrons. The normalized spacial score (nSPS) is 10.1. The van der Waals surface area contributed by atoms with E-state index in [1.807, 2.05) is 0 Å². The molecule has 0 fully saturated rings. The minimum Gasteiger partial charge on any atom is -0.384 e. The van der Waals surface area contributed by atoms with Gasteiger partial charge in [0.1, 0.15) is 5.84 Å². The molecule has 0 radical (unpaired) electrons. The monoisotopic (exact) mass is 289 g/mol. The molecule has 0 aliphatic rings. The molecule has 0 aliphatic heterocycles. The van der Waals surface area contributed by atoms with Crippen molar-refractivity contribution in [2.75, 3.05) is 0 Å². The fourth-order valence-electron chi connectivity index (χ4n) is 1.19. The summed E-state index contributed by atoms with van der Waals surface area (Å²) in [4.78, 5) is 0. The molecule has 0 aliphatic carbocycles. The summed E-state index contributed by atoms with van der Waals surface area (Å²) in [7, 11) is 0.